The number of para-hydroxylation sites is 1. The second kappa shape index (κ2) is 10.4. The minimum Gasteiger partial charge on any atom is -0.356 e. The molecule has 34 heavy (non-hydrogen) atoms. The first-order chi connectivity index (χ1) is 16.4. The second-order valence-corrected chi connectivity index (χ2v) is 8.88. The summed E-state index contributed by atoms with van der Waals surface area (Å²) < 4.78 is 1.30. The standard InChI is InChI=1S/C25H25N5O3S/c1-16-5-3-7-20-23(16)27-15-30(24(20)33)13-22(32)29-25-28-21(14-34-25)19-10-8-18(9-11-19)6-4-12-26-17(2)31/h3,5,7-11,14-15H,4,6,12-13H2,1-2H3,(H,26,31)(H,28,29,32). The summed E-state index contributed by atoms with van der Waals surface area (Å²) in [4.78, 5) is 45.0. The predicted molar refractivity (Wildman–Crippen MR) is 134 cm³/mol. The summed E-state index contributed by atoms with van der Waals surface area (Å²) in [5.74, 6) is -0.357. The number of hydrogen-bond donors (Lipinski definition) is 2. The molecule has 2 amide bonds. The number of hydrogen-bond acceptors (Lipinski definition) is 6. The van der Waals surface area contributed by atoms with Gasteiger partial charge in [-0.15, -0.1) is 11.3 Å². The lowest BCUT2D eigenvalue weighted by Crippen LogP contribution is -2.28. The van der Waals surface area contributed by atoms with Crippen LogP contribution < -0.4 is 16.2 Å². The van der Waals surface area contributed by atoms with Gasteiger partial charge in [-0.25, -0.2) is 9.97 Å². The van der Waals surface area contributed by atoms with E-state index in [0.717, 1.165) is 29.7 Å². The fourth-order valence-electron chi connectivity index (χ4n) is 3.63. The van der Waals surface area contributed by atoms with E-state index in [4.69, 9.17) is 0 Å². The van der Waals surface area contributed by atoms with E-state index in [1.807, 2.05) is 42.6 Å². The Labute approximate surface area is 200 Å². The molecule has 9 heteroatoms. The summed E-state index contributed by atoms with van der Waals surface area (Å²) in [6.07, 6.45) is 3.16. The molecule has 0 saturated carbocycles. The third kappa shape index (κ3) is 5.55. The number of aromatic nitrogens is 3. The van der Waals surface area contributed by atoms with Crippen molar-refractivity contribution in [2.45, 2.75) is 33.2 Å². The summed E-state index contributed by atoms with van der Waals surface area (Å²) in [6, 6.07) is 13.5. The molecule has 8 nitrogen and oxygen atoms in total. The maximum absolute atomic E-state index is 12.7. The van der Waals surface area contributed by atoms with Gasteiger partial charge in [0.2, 0.25) is 11.8 Å². The Morgan fingerprint density at radius 3 is 2.68 bits per heavy atom. The molecule has 2 aromatic heterocycles. The van der Waals surface area contributed by atoms with Crippen molar-refractivity contribution in [2.75, 3.05) is 11.9 Å². The van der Waals surface area contributed by atoms with Crippen molar-refractivity contribution in [1.29, 1.82) is 0 Å². The molecule has 2 aromatic carbocycles. The van der Waals surface area contributed by atoms with Crippen LogP contribution in [0.1, 0.15) is 24.5 Å². The lowest BCUT2D eigenvalue weighted by Gasteiger charge is -2.07. The minimum absolute atomic E-state index is 0.0159. The number of carbonyl (C=O) groups is 2. The molecule has 0 aliphatic rings. The first kappa shape index (κ1) is 23.3. The summed E-state index contributed by atoms with van der Waals surface area (Å²) in [7, 11) is 0. The van der Waals surface area contributed by atoms with E-state index in [-0.39, 0.29) is 23.9 Å². The van der Waals surface area contributed by atoms with Gasteiger partial charge in [0, 0.05) is 24.4 Å². The van der Waals surface area contributed by atoms with Crippen LogP contribution >= 0.6 is 11.3 Å². The fourth-order valence-corrected chi connectivity index (χ4v) is 4.36. The number of fused-ring (bicyclic) bond motifs is 1. The number of nitrogens with one attached hydrogen (secondary N) is 2. The zero-order valence-corrected chi connectivity index (χ0v) is 19.8. The van der Waals surface area contributed by atoms with Gasteiger partial charge in [0.05, 0.1) is 22.9 Å². The van der Waals surface area contributed by atoms with Crippen LogP contribution in [0, 0.1) is 6.92 Å². The van der Waals surface area contributed by atoms with E-state index >= 15 is 0 Å². The minimum atomic E-state index is -0.341. The number of nitrogens with zero attached hydrogens (tertiary/aromatic N) is 3. The topological polar surface area (TPSA) is 106 Å². The smallest absolute Gasteiger partial charge is 0.261 e. The predicted octanol–water partition coefficient (Wildman–Crippen LogP) is 3.54. The van der Waals surface area contributed by atoms with Crippen molar-refractivity contribution in [1.82, 2.24) is 19.9 Å². The summed E-state index contributed by atoms with van der Waals surface area (Å²) in [6.45, 7) is 3.93. The monoisotopic (exact) mass is 475 g/mol. The highest BCUT2D eigenvalue weighted by molar-refractivity contribution is 7.14. The van der Waals surface area contributed by atoms with Crippen molar-refractivity contribution < 1.29 is 9.59 Å². The first-order valence-electron chi connectivity index (χ1n) is 10.9. The van der Waals surface area contributed by atoms with Gasteiger partial charge >= 0.3 is 0 Å². The zero-order valence-electron chi connectivity index (χ0n) is 19.0. The summed E-state index contributed by atoms with van der Waals surface area (Å²) in [5, 5.41) is 8.41. The molecular formula is C25H25N5O3S. The Hall–Kier alpha value is -3.85. The average molecular weight is 476 g/mol. The van der Waals surface area contributed by atoms with Gasteiger partial charge < -0.3 is 10.6 Å². The van der Waals surface area contributed by atoms with E-state index in [1.165, 1.54) is 34.7 Å². The van der Waals surface area contributed by atoms with Gasteiger partial charge in [-0.2, -0.15) is 0 Å². The Morgan fingerprint density at radius 2 is 1.91 bits per heavy atom. The van der Waals surface area contributed by atoms with Crippen LogP contribution in [0.2, 0.25) is 0 Å². The van der Waals surface area contributed by atoms with Gasteiger partial charge in [-0.05, 0) is 37.0 Å². The molecule has 0 radical (unpaired) electrons. The number of aryl methyl sites for hydroxylation is 2. The molecule has 174 valence electrons. The number of anilines is 1. The molecule has 2 N–H and O–H groups in total. The highest BCUT2D eigenvalue weighted by Crippen LogP contribution is 2.25. The van der Waals surface area contributed by atoms with Crippen molar-refractivity contribution >= 4 is 39.2 Å². The summed E-state index contributed by atoms with van der Waals surface area (Å²) >= 11 is 1.33. The van der Waals surface area contributed by atoms with Gasteiger partial charge in [-0.3, -0.25) is 19.0 Å². The Bertz CT molecular complexity index is 1390. The van der Waals surface area contributed by atoms with Crippen LogP contribution in [0.5, 0.6) is 0 Å². The van der Waals surface area contributed by atoms with E-state index in [9.17, 15) is 14.4 Å². The molecule has 0 fully saturated rings. The molecule has 0 atom stereocenters. The third-order valence-electron chi connectivity index (χ3n) is 5.39. The maximum Gasteiger partial charge on any atom is 0.261 e. The lowest BCUT2D eigenvalue weighted by atomic mass is 10.1. The van der Waals surface area contributed by atoms with Crippen LogP contribution in [0.4, 0.5) is 5.13 Å². The van der Waals surface area contributed by atoms with E-state index in [1.54, 1.807) is 12.1 Å². The largest absolute Gasteiger partial charge is 0.356 e. The number of benzene rings is 2. The van der Waals surface area contributed by atoms with E-state index < -0.39 is 0 Å². The summed E-state index contributed by atoms with van der Waals surface area (Å²) in [5.41, 5.74) is 4.22. The average Bonchev–Trinajstić information content (AvgIpc) is 3.27. The molecule has 4 aromatic rings. The third-order valence-corrected chi connectivity index (χ3v) is 6.14. The molecule has 2 heterocycles. The number of rotatable bonds is 8. The van der Waals surface area contributed by atoms with Crippen molar-refractivity contribution in [3.8, 4) is 11.3 Å². The van der Waals surface area contributed by atoms with Crippen LogP contribution in [0.3, 0.4) is 0 Å². The molecule has 0 unspecified atom stereocenters. The normalized spacial score (nSPS) is 10.9. The fraction of sp³-hybridized carbons (Fsp3) is 0.240. The molecular weight excluding hydrogens is 450 g/mol. The molecule has 0 spiro atoms. The van der Waals surface area contributed by atoms with Crippen molar-refractivity contribution in [2.24, 2.45) is 0 Å². The first-order valence-corrected chi connectivity index (χ1v) is 11.8. The van der Waals surface area contributed by atoms with E-state index in [2.05, 4.69) is 20.6 Å². The van der Waals surface area contributed by atoms with Gasteiger partial charge in [0.25, 0.3) is 5.56 Å². The highest BCUT2D eigenvalue weighted by Gasteiger charge is 2.12. The molecule has 4 rings (SSSR count). The number of thiazole rings is 1. The molecule has 0 saturated heterocycles. The van der Waals surface area contributed by atoms with Crippen molar-refractivity contribution in [3.05, 3.63) is 75.7 Å². The zero-order chi connectivity index (χ0) is 24.1. The second-order valence-electron chi connectivity index (χ2n) is 8.02. The Morgan fingerprint density at radius 1 is 1.12 bits per heavy atom. The number of amides is 2. The van der Waals surface area contributed by atoms with Crippen molar-refractivity contribution in [3.63, 3.8) is 0 Å². The van der Waals surface area contributed by atoms with Gasteiger partial charge in [0.15, 0.2) is 5.13 Å². The van der Waals surface area contributed by atoms with Crippen LogP contribution in [-0.4, -0.2) is 32.9 Å². The SMILES string of the molecule is CC(=O)NCCCc1ccc(-c2csc(NC(=O)Cn3cnc4c(C)cccc4c3=O)n2)cc1. The number of carbonyl (C=O) groups excluding carboxylic acids is 2. The lowest BCUT2D eigenvalue weighted by molar-refractivity contribution is -0.119. The van der Waals surface area contributed by atoms with Crippen LogP contribution in [0.25, 0.3) is 22.2 Å². The van der Waals surface area contributed by atoms with Crippen LogP contribution in [-0.2, 0) is 22.6 Å². The molecule has 0 aliphatic heterocycles. The van der Waals surface area contributed by atoms with Gasteiger partial charge in [0.1, 0.15) is 6.54 Å². The molecule has 0 aliphatic carbocycles. The maximum atomic E-state index is 12.7. The van der Waals surface area contributed by atoms with E-state index in [0.29, 0.717) is 22.6 Å². The van der Waals surface area contributed by atoms with Gasteiger partial charge in [-0.1, -0.05) is 36.4 Å². The Balaban J connectivity index is 1.37. The Kier molecular flexibility index (Phi) is 7.12. The van der Waals surface area contributed by atoms with Crippen LogP contribution in [0.15, 0.2) is 59.0 Å². The molecule has 0 bridgehead atoms. The quantitative estimate of drug-likeness (QED) is 0.379. The highest BCUT2D eigenvalue weighted by atomic mass is 32.1.